The Morgan fingerprint density at radius 3 is 1.43 bits per heavy atom. The molecule has 0 amide bonds. The lowest BCUT2D eigenvalue weighted by atomic mass is 10.0. The Labute approximate surface area is 271 Å². The molecule has 0 spiro atoms. The van der Waals surface area contributed by atoms with E-state index in [4.69, 9.17) is 0 Å². The summed E-state index contributed by atoms with van der Waals surface area (Å²) in [6, 6.07) is 54.0. The van der Waals surface area contributed by atoms with Crippen LogP contribution in [0.25, 0.3) is 49.2 Å². The monoisotopic (exact) mass is 601 g/mol. The van der Waals surface area contributed by atoms with Gasteiger partial charge in [0.2, 0.25) is 0 Å². The first-order chi connectivity index (χ1) is 23.1. The predicted molar refractivity (Wildman–Crippen MR) is 194 cm³/mol. The molecule has 0 saturated heterocycles. The Morgan fingerprint density at radius 2 is 0.809 bits per heavy atom. The molecule has 0 heterocycles. The number of fused-ring (bicyclic) bond motifs is 5. The van der Waals surface area contributed by atoms with E-state index in [1.54, 1.807) is 6.08 Å². The van der Waals surface area contributed by atoms with Gasteiger partial charge in [-0.25, -0.2) is 0 Å². The van der Waals surface area contributed by atoms with Gasteiger partial charge < -0.3 is 4.90 Å². The number of para-hydroxylation sites is 1. The molecule has 0 fully saturated rings. The van der Waals surface area contributed by atoms with Crippen LogP contribution < -0.4 is 4.90 Å². The predicted octanol–water partition coefficient (Wildman–Crippen LogP) is 11.2. The van der Waals surface area contributed by atoms with E-state index in [1.807, 2.05) is 54.6 Å². The molecule has 0 N–H and O–H groups in total. The molecule has 3 heteroatoms. The van der Waals surface area contributed by atoms with Crippen molar-refractivity contribution in [3.63, 3.8) is 0 Å². The minimum Gasteiger partial charge on any atom is -0.310 e. The van der Waals surface area contributed by atoms with Crippen LogP contribution in [-0.2, 0) is 0 Å². The number of Topliss-reactive ketones (excluding diaryl/α,β-unsaturated/α-hetero) is 2. The number of carbonyl (C=O) groups is 2. The highest BCUT2D eigenvalue weighted by Gasteiger charge is 2.33. The van der Waals surface area contributed by atoms with E-state index in [1.165, 1.54) is 21.5 Å². The summed E-state index contributed by atoms with van der Waals surface area (Å²) in [6.45, 7) is 0. The molecule has 0 radical (unpaired) electrons. The Morgan fingerprint density at radius 1 is 0.362 bits per heavy atom. The standard InChI is InChI=1S/C44H27NO2/c46-43-40-26-31-10-6-7-11-32(31)27-41(40)44(47)42(43)21-28-14-15-35-24-38(18-16-33(35)20-28)45(37-12-2-1-3-13-37)39-19-17-34-22-29-8-4-5-9-30(29)23-36(34)25-39/h1-27H. The molecular weight excluding hydrogens is 574 g/mol. The summed E-state index contributed by atoms with van der Waals surface area (Å²) in [5.74, 6) is -0.429. The summed E-state index contributed by atoms with van der Waals surface area (Å²) in [7, 11) is 0. The van der Waals surface area contributed by atoms with Gasteiger partial charge in [-0.05, 0) is 121 Å². The van der Waals surface area contributed by atoms with Crippen molar-refractivity contribution >= 4 is 77.8 Å². The Balaban J connectivity index is 1.10. The van der Waals surface area contributed by atoms with Gasteiger partial charge in [0.1, 0.15) is 0 Å². The van der Waals surface area contributed by atoms with Crippen LogP contribution in [0.4, 0.5) is 17.1 Å². The van der Waals surface area contributed by atoms with Crippen LogP contribution in [0, 0.1) is 0 Å². The minimum atomic E-state index is -0.215. The van der Waals surface area contributed by atoms with Crippen LogP contribution in [0.3, 0.4) is 0 Å². The normalized spacial score (nSPS) is 12.7. The molecule has 3 nitrogen and oxygen atoms in total. The highest BCUT2D eigenvalue weighted by Crippen LogP contribution is 2.38. The zero-order valence-corrected chi connectivity index (χ0v) is 25.4. The number of nitrogens with zero attached hydrogens (tertiary/aromatic N) is 1. The van der Waals surface area contributed by atoms with Crippen LogP contribution in [0.15, 0.2) is 163 Å². The van der Waals surface area contributed by atoms with E-state index in [-0.39, 0.29) is 17.1 Å². The van der Waals surface area contributed by atoms with E-state index in [0.29, 0.717) is 11.1 Å². The van der Waals surface area contributed by atoms with Crippen molar-refractivity contribution in [3.8, 4) is 0 Å². The van der Waals surface area contributed by atoms with Crippen molar-refractivity contribution in [2.24, 2.45) is 0 Å². The van der Waals surface area contributed by atoms with Crippen molar-refractivity contribution in [3.05, 3.63) is 180 Å². The van der Waals surface area contributed by atoms with Crippen molar-refractivity contribution in [2.45, 2.75) is 0 Å². The van der Waals surface area contributed by atoms with Crippen molar-refractivity contribution in [1.29, 1.82) is 0 Å². The molecule has 220 valence electrons. The van der Waals surface area contributed by atoms with Gasteiger partial charge in [-0.2, -0.15) is 0 Å². The SMILES string of the molecule is O=C1C(=Cc2ccc3cc(N(c4ccccc4)c4ccc5cc6ccccc6cc5c4)ccc3c2)C(=O)c2cc3ccccc3cc21. The van der Waals surface area contributed by atoms with E-state index < -0.39 is 0 Å². The molecule has 1 aliphatic carbocycles. The maximum Gasteiger partial charge on any atom is 0.197 e. The van der Waals surface area contributed by atoms with Crippen molar-refractivity contribution in [1.82, 2.24) is 0 Å². The van der Waals surface area contributed by atoms with Crippen LogP contribution in [0.5, 0.6) is 0 Å². The summed E-state index contributed by atoms with van der Waals surface area (Å²) in [4.78, 5) is 29.0. The fraction of sp³-hybridized carbons (Fsp3) is 0. The molecule has 1 aliphatic rings. The summed E-state index contributed by atoms with van der Waals surface area (Å²) >= 11 is 0. The number of benzene rings is 8. The topological polar surface area (TPSA) is 37.4 Å². The second kappa shape index (κ2) is 10.6. The average molecular weight is 602 g/mol. The molecule has 47 heavy (non-hydrogen) atoms. The number of hydrogen-bond donors (Lipinski definition) is 0. The van der Waals surface area contributed by atoms with Gasteiger partial charge in [-0.3, -0.25) is 9.59 Å². The van der Waals surface area contributed by atoms with Gasteiger partial charge in [-0.1, -0.05) is 91.0 Å². The summed E-state index contributed by atoms with van der Waals surface area (Å²) in [5.41, 5.74) is 5.18. The van der Waals surface area contributed by atoms with Crippen LogP contribution >= 0.6 is 0 Å². The fourth-order valence-electron chi connectivity index (χ4n) is 6.88. The number of rotatable bonds is 4. The molecular formula is C44H27NO2. The fourth-order valence-corrected chi connectivity index (χ4v) is 6.88. The number of allylic oxidation sites excluding steroid dienone is 1. The first-order valence-corrected chi connectivity index (χ1v) is 15.7. The Hall–Kier alpha value is -6.32. The van der Waals surface area contributed by atoms with Crippen LogP contribution in [0.2, 0.25) is 0 Å². The third kappa shape index (κ3) is 4.60. The number of ketones is 2. The second-order valence-electron chi connectivity index (χ2n) is 12.2. The quantitative estimate of drug-likeness (QED) is 0.114. The van der Waals surface area contributed by atoms with Gasteiger partial charge in [0.25, 0.3) is 0 Å². The maximum atomic E-state index is 13.4. The first kappa shape index (κ1) is 27.0. The lowest BCUT2D eigenvalue weighted by molar-refractivity contribution is 0.0990. The van der Waals surface area contributed by atoms with Gasteiger partial charge in [0, 0.05) is 28.2 Å². The summed E-state index contributed by atoms with van der Waals surface area (Å²) in [6.07, 6.45) is 1.73. The number of carbonyl (C=O) groups excluding carboxylic acids is 2. The molecule has 8 aromatic carbocycles. The van der Waals surface area contributed by atoms with Gasteiger partial charge in [-0.15, -0.1) is 0 Å². The molecule has 0 saturated carbocycles. The van der Waals surface area contributed by atoms with E-state index in [9.17, 15) is 9.59 Å². The van der Waals surface area contributed by atoms with Crippen LogP contribution in [0.1, 0.15) is 26.3 Å². The molecule has 8 aromatic rings. The summed E-state index contributed by atoms with van der Waals surface area (Å²) < 4.78 is 0. The zero-order valence-electron chi connectivity index (χ0n) is 25.4. The van der Waals surface area contributed by atoms with E-state index >= 15 is 0 Å². The minimum absolute atomic E-state index is 0.214. The smallest absolute Gasteiger partial charge is 0.197 e. The Bertz CT molecular complexity index is 2560. The molecule has 0 bridgehead atoms. The zero-order chi connectivity index (χ0) is 31.5. The Kier molecular flexibility index (Phi) is 6.12. The second-order valence-corrected chi connectivity index (χ2v) is 12.2. The third-order valence-electron chi connectivity index (χ3n) is 9.24. The van der Waals surface area contributed by atoms with Crippen molar-refractivity contribution < 1.29 is 9.59 Å². The van der Waals surface area contributed by atoms with Crippen LogP contribution in [-0.4, -0.2) is 11.6 Å². The number of anilines is 3. The lowest BCUT2D eigenvalue weighted by Crippen LogP contribution is -2.09. The average Bonchev–Trinajstić information content (AvgIpc) is 3.34. The third-order valence-corrected chi connectivity index (χ3v) is 9.24. The maximum absolute atomic E-state index is 13.4. The molecule has 9 rings (SSSR count). The largest absolute Gasteiger partial charge is 0.310 e. The van der Waals surface area contributed by atoms with E-state index in [0.717, 1.165) is 44.2 Å². The van der Waals surface area contributed by atoms with Gasteiger partial charge >= 0.3 is 0 Å². The molecule has 0 aromatic heterocycles. The molecule has 0 atom stereocenters. The van der Waals surface area contributed by atoms with Crippen molar-refractivity contribution in [2.75, 3.05) is 4.90 Å². The highest BCUT2D eigenvalue weighted by molar-refractivity contribution is 6.42. The molecule has 0 aliphatic heterocycles. The summed E-state index contributed by atoms with van der Waals surface area (Å²) in [5, 5.41) is 8.85. The number of hydrogen-bond acceptors (Lipinski definition) is 3. The van der Waals surface area contributed by atoms with Gasteiger partial charge in [0.15, 0.2) is 11.6 Å². The molecule has 0 unspecified atom stereocenters. The van der Waals surface area contributed by atoms with Gasteiger partial charge in [0.05, 0.1) is 5.57 Å². The lowest BCUT2D eigenvalue weighted by Gasteiger charge is -2.26. The first-order valence-electron chi connectivity index (χ1n) is 15.7. The highest BCUT2D eigenvalue weighted by atomic mass is 16.2. The van der Waals surface area contributed by atoms with E-state index in [2.05, 4.69) is 108 Å².